The Balaban J connectivity index is 1.18. The molecular formula is C47H35N5. The van der Waals surface area contributed by atoms with Gasteiger partial charge in [-0.3, -0.25) is 9.98 Å². The predicted molar refractivity (Wildman–Crippen MR) is 212 cm³/mol. The predicted octanol–water partition coefficient (Wildman–Crippen LogP) is 8.57. The van der Waals surface area contributed by atoms with Crippen LogP contribution in [0.25, 0.3) is 38.6 Å². The lowest BCUT2D eigenvalue weighted by Crippen LogP contribution is -2.36. The minimum Gasteiger partial charge on any atom is -0.351 e. The number of para-hydroxylation sites is 3. The minimum atomic E-state index is -0.564. The maximum Gasteiger partial charge on any atom is 0.131 e. The standard InChI is InChI=1S/C47H35N5/c1-50-42-20-9-5-16-38(42)48-45(50)28-22-24-30-31-25-23-29(46-49-39-17-6-10-21-43(39)51(46)2)27-37(31)47(36(30)26-28)34-14-4-8-19-41(34)52-40-18-7-3-12-32(40)33-13-11-15-35(47)44(33)52/h3-27,38-39,42-43H,1-2H3. The molecule has 5 nitrogen and oxygen atoms in total. The first kappa shape index (κ1) is 28.5. The van der Waals surface area contributed by atoms with E-state index in [1.54, 1.807) is 0 Å². The van der Waals surface area contributed by atoms with Crippen molar-refractivity contribution in [1.82, 2.24) is 14.4 Å². The van der Waals surface area contributed by atoms with Gasteiger partial charge in [-0.1, -0.05) is 127 Å². The maximum absolute atomic E-state index is 5.30. The quantitative estimate of drug-likeness (QED) is 0.185. The van der Waals surface area contributed by atoms with Crippen LogP contribution < -0.4 is 0 Å². The molecule has 4 atom stereocenters. The summed E-state index contributed by atoms with van der Waals surface area (Å²) in [4.78, 5) is 15.3. The molecule has 0 saturated carbocycles. The van der Waals surface area contributed by atoms with E-state index in [1.807, 2.05) is 0 Å². The Morgan fingerprint density at radius 2 is 1.08 bits per heavy atom. The van der Waals surface area contributed by atoms with Crippen LogP contribution in [0.4, 0.5) is 0 Å². The van der Waals surface area contributed by atoms with Gasteiger partial charge in [0.15, 0.2) is 0 Å². The monoisotopic (exact) mass is 669 g/mol. The van der Waals surface area contributed by atoms with Crippen LogP contribution >= 0.6 is 0 Å². The molecule has 5 heteroatoms. The fourth-order valence-corrected chi connectivity index (χ4v) is 10.3. The number of likely N-dealkylation sites (N-methyl/N-ethyl adjacent to an activating group) is 2. The van der Waals surface area contributed by atoms with Crippen LogP contribution in [0.5, 0.6) is 0 Å². The zero-order valence-corrected chi connectivity index (χ0v) is 29.0. The summed E-state index contributed by atoms with van der Waals surface area (Å²) in [5.41, 5.74) is 13.3. The first-order valence-electron chi connectivity index (χ1n) is 18.4. The Hall–Kier alpha value is -6.20. The van der Waals surface area contributed by atoms with Gasteiger partial charge in [0.05, 0.1) is 46.3 Å². The Kier molecular flexibility index (Phi) is 5.47. The van der Waals surface area contributed by atoms with Crippen LogP contribution in [-0.2, 0) is 5.41 Å². The first-order valence-corrected chi connectivity index (χ1v) is 18.4. The SMILES string of the molecule is CN1C(c2ccc3c(c2)C2(c4cc(C5=NC6C=CC=CC6N5C)ccc4-3)c3ccccc3-n3c4ccccc4c4cccc2c43)=NC2C=CC=CC21. The third-order valence-corrected chi connectivity index (χ3v) is 12.6. The molecule has 0 saturated heterocycles. The lowest BCUT2D eigenvalue weighted by Gasteiger charge is -2.40. The summed E-state index contributed by atoms with van der Waals surface area (Å²) >= 11 is 0. The van der Waals surface area contributed by atoms with Crippen molar-refractivity contribution in [2.45, 2.75) is 29.6 Å². The van der Waals surface area contributed by atoms with Crippen LogP contribution in [-0.4, -0.2) is 64.3 Å². The van der Waals surface area contributed by atoms with Gasteiger partial charge in [-0.25, -0.2) is 0 Å². The number of amidine groups is 2. The molecule has 1 spiro atoms. The zero-order chi connectivity index (χ0) is 34.3. The van der Waals surface area contributed by atoms with Gasteiger partial charge in [0.2, 0.25) is 0 Å². The highest BCUT2D eigenvalue weighted by atomic mass is 15.3. The zero-order valence-electron chi connectivity index (χ0n) is 29.0. The van der Waals surface area contributed by atoms with Crippen molar-refractivity contribution in [3.05, 3.63) is 185 Å². The van der Waals surface area contributed by atoms with Gasteiger partial charge in [-0.05, 0) is 57.6 Å². The molecule has 6 aromatic rings. The summed E-state index contributed by atoms with van der Waals surface area (Å²) in [6.45, 7) is 0. The fourth-order valence-electron chi connectivity index (χ4n) is 10.3. The second kappa shape index (κ2) is 9.98. The molecule has 4 unspecified atom stereocenters. The van der Waals surface area contributed by atoms with Gasteiger partial charge in [0.1, 0.15) is 11.7 Å². The summed E-state index contributed by atoms with van der Waals surface area (Å²) in [5.74, 6) is 2.09. The molecule has 12 rings (SSSR count). The van der Waals surface area contributed by atoms with E-state index in [0.717, 1.165) is 22.8 Å². The number of allylic oxidation sites excluding steroid dienone is 4. The maximum atomic E-state index is 5.30. The highest BCUT2D eigenvalue weighted by molar-refractivity contribution is 6.13. The van der Waals surface area contributed by atoms with Gasteiger partial charge in [0, 0.05) is 36.0 Å². The van der Waals surface area contributed by atoms with Crippen molar-refractivity contribution in [2.75, 3.05) is 14.1 Å². The number of aromatic nitrogens is 1. The smallest absolute Gasteiger partial charge is 0.131 e. The number of aliphatic imine (C=N–C) groups is 2. The van der Waals surface area contributed by atoms with E-state index in [0.29, 0.717) is 0 Å². The Morgan fingerprint density at radius 1 is 0.519 bits per heavy atom. The molecule has 52 heavy (non-hydrogen) atoms. The third kappa shape index (κ3) is 3.39. The Morgan fingerprint density at radius 3 is 1.73 bits per heavy atom. The Labute approximate surface area is 302 Å². The van der Waals surface area contributed by atoms with Crippen LogP contribution in [0, 0.1) is 0 Å². The molecule has 0 fully saturated rings. The molecule has 5 aromatic carbocycles. The third-order valence-electron chi connectivity index (χ3n) is 12.6. The van der Waals surface area contributed by atoms with Crippen molar-refractivity contribution in [1.29, 1.82) is 0 Å². The molecule has 248 valence electrons. The number of hydrogen-bond acceptors (Lipinski definition) is 4. The lowest BCUT2D eigenvalue weighted by atomic mass is 9.65. The summed E-state index contributed by atoms with van der Waals surface area (Å²) in [7, 11) is 4.37. The van der Waals surface area contributed by atoms with Crippen molar-refractivity contribution in [3.8, 4) is 16.8 Å². The molecule has 0 amide bonds. The first-order chi connectivity index (χ1) is 25.6. The summed E-state index contributed by atoms with van der Waals surface area (Å²) < 4.78 is 2.52. The van der Waals surface area contributed by atoms with Crippen molar-refractivity contribution in [3.63, 3.8) is 0 Å². The average Bonchev–Trinajstić information content (AvgIpc) is 3.91. The lowest BCUT2D eigenvalue weighted by molar-refractivity contribution is 0.437. The van der Waals surface area contributed by atoms with Gasteiger partial charge in [-0.15, -0.1) is 0 Å². The summed E-state index contributed by atoms with van der Waals surface area (Å²) in [5, 5.41) is 2.57. The summed E-state index contributed by atoms with van der Waals surface area (Å²) in [6.07, 6.45) is 17.5. The number of benzene rings is 5. The van der Waals surface area contributed by atoms with Crippen LogP contribution in [0.2, 0.25) is 0 Å². The average molecular weight is 670 g/mol. The van der Waals surface area contributed by atoms with E-state index in [4.69, 9.17) is 9.98 Å². The van der Waals surface area contributed by atoms with E-state index in [1.165, 1.54) is 60.9 Å². The molecule has 6 aliphatic rings. The molecular weight excluding hydrogens is 635 g/mol. The normalized spacial score (nSPS) is 25.4. The molecule has 4 heterocycles. The van der Waals surface area contributed by atoms with E-state index < -0.39 is 5.41 Å². The number of fused-ring (bicyclic) bond motifs is 14. The van der Waals surface area contributed by atoms with Crippen LogP contribution in [0.3, 0.4) is 0 Å². The number of nitrogens with zero attached hydrogens (tertiary/aromatic N) is 5. The van der Waals surface area contributed by atoms with Crippen molar-refractivity contribution < 1.29 is 0 Å². The van der Waals surface area contributed by atoms with Gasteiger partial charge >= 0.3 is 0 Å². The highest BCUT2D eigenvalue weighted by Gasteiger charge is 2.51. The highest BCUT2D eigenvalue weighted by Crippen LogP contribution is 2.61. The molecule has 0 radical (unpaired) electrons. The van der Waals surface area contributed by atoms with Crippen LogP contribution in [0.15, 0.2) is 162 Å². The minimum absolute atomic E-state index is 0.129. The second-order valence-electron chi connectivity index (χ2n) is 15.0. The Bertz CT molecular complexity index is 2660. The van der Waals surface area contributed by atoms with E-state index in [9.17, 15) is 0 Å². The molecule has 3 aliphatic carbocycles. The van der Waals surface area contributed by atoms with Gasteiger partial charge in [-0.2, -0.15) is 0 Å². The molecule has 0 bridgehead atoms. The summed E-state index contributed by atoms with van der Waals surface area (Å²) in [6, 6.07) is 39.9. The largest absolute Gasteiger partial charge is 0.351 e. The van der Waals surface area contributed by atoms with E-state index >= 15 is 0 Å². The van der Waals surface area contributed by atoms with Crippen molar-refractivity contribution in [2.24, 2.45) is 9.98 Å². The molecule has 3 aliphatic heterocycles. The second-order valence-corrected chi connectivity index (χ2v) is 15.0. The van der Waals surface area contributed by atoms with Gasteiger partial charge < -0.3 is 14.4 Å². The van der Waals surface area contributed by atoms with E-state index in [-0.39, 0.29) is 24.2 Å². The molecule has 1 aromatic heterocycles. The van der Waals surface area contributed by atoms with E-state index in [2.05, 4.69) is 180 Å². The van der Waals surface area contributed by atoms with Gasteiger partial charge in [0.25, 0.3) is 0 Å². The topological polar surface area (TPSA) is 36.1 Å². The molecule has 0 N–H and O–H groups in total. The number of hydrogen-bond donors (Lipinski definition) is 0. The van der Waals surface area contributed by atoms with Crippen LogP contribution in [0.1, 0.15) is 33.4 Å². The fraction of sp³-hybridized carbons (Fsp3) is 0.149. The van der Waals surface area contributed by atoms with Crippen molar-refractivity contribution >= 4 is 33.5 Å². The number of rotatable bonds is 2.